The molecule has 3 rings (SSSR count). The molecule has 0 spiro atoms. The van der Waals surface area contributed by atoms with Crippen LogP contribution in [0.4, 0.5) is 5.69 Å². The van der Waals surface area contributed by atoms with Crippen LogP contribution in [-0.4, -0.2) is 32.4 Å². The number of amides is 2. The number of hydrogen-bond acceptors (Lipinski definition) is 6. The van der Waals surface area contributed by atoms with Crippen molar-refractivity contribution in [3.8, 4) is 0 Å². The highest BCUT2D eigenvalue weighted by atomic mass is 32.2. The van der Waals surface area contributed by atoms with E-state index in [0.29, 0.717) is 22.2 Å². The van der Waals surface area contributed by atoms with Gasteiger partial charge in [-0.05, 0) is 31.5 Å². The largest absolute Gasteiger partial charge is 0.345 e. The first-order chi connectivity index (χ1) is 14.0. The Bertz CT molecular complexity index is 1010. The minimum atomic E-state index is -0.271. The van der Waals surface area contributed by atoms with Crippen molar-refractivity contribution in [3.05, 3.63) is 71.5 Å². The first kappa shape index (κ1) is 20.4. The molecule has 0 fully saturated rings. The van der Waals surface area contributed by atoms with Gasteiger partial charge in [0, 0.05) is 0 Å². The van der Waals surface area contributed by atoms with Crippen LogP contribution in [0.5, 0.6) is 0 Å². The highest BCUT2D eigenvalue weighted by Crippen LogP contribution is 2.19. The zero-order chi connectivity index (χ0) is 20.8. The number of aromatic nitrogens is 3. The molecule has 0 radical (unpaired) electrons. The molecule has 29 heavy (non-hydrogen) atoms. The quantitative estimate of drug-likeness (QED) is 0.407. The van der Waals surface area contributed by atoms with Crippen molar-refractivity contribution in [3.63, 3.8) is 0 Å². The van der Waals surface area contributed by atoms with Crippen molar-refractivity contribution in [2.45, 2.75) is 25.0 Å². The summed E-state index contributed by atoms with van der Waals surface area (Å²) in [5.74, 6) is 5.90. The van der Waals surface area contributed by atoms with Crippen LogP contribution in [0.15, 0.2) is 59.8 Å². The van der Waals surface area contributed by atoms with Gasteiger partial charge in [-0.25, -0.2) is 4.68 Å². The van der Waals surface area contributed by atoms with Gasteiger partial charge in [-0.2, -0.15) is 0 Å². The van der Waals surface area contributed by atoms with Crippen LogP contribution in [-0.2, 0) is 4.79 Å². The number of anilines is 1. The molecule has 0 aliphatic heterocycles. The number of nitrogens with one attached hydrogen (secondary N) is 2. The summed E-state index contributed by atoms with van der Waals surface area (Å²) in [7, 11) is 0. The molecule has 9 heteroatoms. The fourth-order valence-electron chi connectivity index (χ4n) is 2.65. The molecule has 1 heterocycles. The molecule has 1 atom stereocenters. The van der Waals surface area contributed by atoms with Crippen molar-refractivity contribution in [1.82, 2.24) is 20.2 Å². The lowest BCUT2D eigenvalue weighted by atomic mass is 10.1. The maximum absolute atomic E-state index is 12.8. The summed E-state index contributed by atoms with van der Waals surface area (Å²) in [6, 6.07) is 16.4. The summed E-state index contributed by atoms with van der Waals surface area (Å²) in [6.07, 6.45) is 0. The van der Waals surface area contributed by atoms with E-state index in [4.69, 9.17) is 5.84 Å². The van der Waals surface area contributed by atoms with Crippen LogP contribution in [0, 0.1) is 6.92 Å². The van der Waals surface area contributed by atoms with E-state index in [1.165, 1.54) is 16.4 Å². The minimum absolute atomic E-state index is 0.0890. The molecule has 3 aromatic rings. The number of benzene rings is 2. The van der Waals surface area contributed by atoms with E-state index < -0.39 is 0 Å². The number of aryl methyl sites for hydroxylation is 1. The number of nitrogen functional groups attached to an aromatic ring is 1. The van der Waals surface area contributed by atoms with E-state index in [0.717, 1.165) is 5.56 Å². The first-order valence-corrected chi connectivity index (χ1v) is 9.99. The Kier molecular flexibility index (Phi) is 6.50. The number of nitrogens with two attached hydrogens (primary N) is 1. The number of hydrogen-bond donors (Lipinski definition) is 3. The fourth-order valence-corrected chi connectivity index (χ4v) is 3.36. The van der Waals surface area contributed by atoms with Gasteiger partial charge in [0.2, 0.25) is 11.1 Å². The Morgan fingerprint density at radius 3 is 2.48 bits per heavy atom. The normalized spacial score (nSPS) is 11.7. The molecule has 0 saturated heterocycles. The fraction of sp³-hybridized carbons (Fsp3) is 0.200. The van der Waals surface area contributed by atoms with Gasteiger partial charge in [-0.1, -0.05) is 54.2 Å². The van der Waals surface area contributed by atoms with E-state index in [-0.39, 0.29) is 23.6 Å². The third-order valence-corrected chi connectivity index (χ3v) is 5.20. The molecule has 0 bridgehead atoms. The van der Waals surface area contributed by atoms with Crippen molar-refractivity contribution >= 4 is 29.3 Å². The lowest BCUT2D eigenvalue weighted by Gasteiger charge is -2.16. The second-order valence-corrected chi connectivity index (χ2v) is 7.33. The Morgan fingerprint density at radius 1 is 1.10 bits per heavy atom. The third kappa shape index (κ3) is 5.14. The van der Waals surface area contributed by atoms with Gasteiger partial charge in [-0.3, -0.25) is 9.59 Å². The number of para-hydroxylation sites is 1. The van der Waals surface area contributed by atoms with Crippen molar-refractivity contribution < 1.29 is 9.59 Å². The molecule has 0 aliphatic rings. The number of carbonyl (C=O) groups is 2. The van der Waals surface area contributed by atoms with Gasteiger partial charge < -0.3 is 16.5 Å². The van der Waals surface area contributed by atoms with Crippen molar-refractivity contribution in [2.24, 2.45) is 0 Å². The van der Waals surface area contributed by atoms with Gasteiger partial charge in [0.05, 0.1) is 23.0 Å². The maximum Gasteiger partial charge on any atom is 0.253 e. The maximum atomic E-state index is 12.8. The second kappa shape index (κ2) is 9.24. The van der Waals surface area contributed by atoms with E-state index >= 15 is 0 Å². The molecule has 2 amide bonds. The van der Waals surface area contributed by atoms with Gasteiger partial charge >= 0.3 is 0 Å². The Labute approximate surface area is 172 Å². The average molecular weight is 411 g/mol. The molecule has 8 nitrogen and oxygen atoms in total. The van der Waals surface area contributed by atoms with Gasteiger partial charge in [0.1, 0.15) is 5.82 Å². The predicted octanol–water partition coefficient (Wildman–Crippen LogP) is 2.52. The van der Waals surface area contributed by atoms with Crippen LogP contribution >= 0.6 is 11.8 Å². The summed E-state index contributed by atoms with van der Waals surface area (Å²) >= 11 is 1.17. The van der Waals surface area contributed by atoms with Crippen molar-refractivity contribution in [2.75, 3.05) is 16.9 Å². The summed E-state index contributed by atoms with van der Waals surface area (Å²) in [6.45, 7) is 3.64. The van der Waals surface area contributed by atoms with Gasteiger partial charge in [0.15, 0.2) is 0 Å². The summed E-state index contributed by atoms with van der Waals surface area (Å²) in [5, 5.41) is 13.9. The number of nitrogens with zero attached hydrogens (tertiary/aromatic N) is 3. The monoisotopic (exact) mass is 410 g/mol. The Morgan fingerprint density at radius 2 is 1.79 bits per heavy atom. The second-order valence-electron chi connectivity index (χ2n) is 6.39. The van der Waals surface area contributed by atoms with Crippen LogP contribution in [0.2, 0.25) is 0 Å². The standard InChI is InChI=1S/C20H22N6O2S/c1-13(15-8-4-3-5-9-15)22-19(28)16-10-6-7-11-17(16)23-18(27)12-29-20-25-24-14(2)26(20)21/h3-11,13H,12,21H2,1-2H3,(H,22,28)(H,23,27)/t13-/m1/s1. The zero-order valence-corrected chi connectivity index (χ0v) is 16.9. The smallest absolute Gasteiger partial charge is 0.253 e. The molecular formula is C20H22N6O2S. The van der Waals surface area contributed by atoms with Gasteiger partial charge in [-0.15, -0.1) is 10.2 Å². The van der Waals surface area contributed by atoms with E-state index in [2.05, 4.69) is 20.8 Å². The van der Waals surface area contributed by atoms with Crippen LogP contribution in [0.3, 0.4) is 0 Å². The lowest BCUT2D eigenvalue weighted by Crippen LogP contribution is -2.28. The Hall–Kier alpha value is -3.33. The SMILES string of the molecule is Cc1nnc(SCC(=O)Nc2ccccc2C(=O)N[C@H](C)c2ccccc2)n1N. The molecule has 0 saturated carbocycles. The minimum Gasteiger partial charge on any atom is -0.345 e. The number of carbonyl (C=O) groups excluding carboxylic acids is 2. The van der Waals surface area contributed by atoms with Crippen LogP contribution in [0.25, 0.3) is 0 Å². The Balaban J connectivity index is 1.64. The zero-order valence-electron chi connectivity index (χ0n) is 16.1. The first-order valence-electron chi connectivity index (χ1n) is 9.00. The number of thioether (sulfide) groups is 1. The van der Waals surface area contributed by atoms with E-state index in [9.17, 15) is 9.59 Å². The lowest BCUT2D eigenvalue weighted by molar-refractivity contribution is -0.113. The molecule has 1 aromatic heterocycles. The van der Waals surface area contributed by atoms with Gasteiger partial charge in [0.25, 0.3) is 5.91 Å². The predicted molar refractivity (Wildman–Crippen MR) is 113 cm³/mol. The highest BCUT2D eigenvalue weighted by molar-refractivity contribution is 7.99. The summed E-state index contributed by atoms with van der Waals surface area (Å²) in [4.78, 5) is 25.1. The molecule has 0 aliphatic carbocycles. The molecular weight excluding hydrogens is 388 g/mol. The van der Waals surface area contributed by atoms with Crippen molar-refractivity contribution in [1.29, 1.82) is 0 Å². The highest BCUT2D eigenvalue weighted by Gasteiger charge is 2.16. The number of rotatable bonds is 7. The summed E-state index contributed by atoms with van der Waals surface area (Å²) < 4.78 is 1.32. The van der Waals surface area contributed by atoms with Crippen LogP contribution in [0.1, 0.15) is 34.7 Å². The van der Waals surface area contributed by atoms with E-state index in [1.807, 2.05) is 37.3 Å². The molecule has 4 N–H and O–H groups in total. The molecule has 150 valence electrons. The molecule has 2 aromatic carbocycles. The average Bonchev–Trinajstić information content (AvgIpc) is 3.05. The third-order valence-electron chi connectivity index (χ3n) is 4.26. The molecule has 0 unspecified atom stereocenters. The van der Waals surface area contributed by atoms with Crippen LogP contribution < -0.4 is 16.5 Å². The summed E-state index contributed by atoms with van der Waals surface area (Å²) in [5.41, 5.74) is 1.84. The topological polar surface area (TPSA) is 115 Å². The van der Waals surface area contributed by atoms with E-state index in [1.54, 1.807) is 31.2 Å².